The first-order valence-corrected chi connectivity index (χ1v) is 6.81. The number of hydrogen-bond donors (Lipinski definition) is 1. The first-order chi connectivity index (χ1) is 5.68. The number of rotatable bonds is 0. The molecule has 0 aliphatic carbocycles. The zero-order valence-corrected chi connectivity index (χ0v) is 8.20. The van der Waals surface area contributed by atoms with Gasteiger partial charge in [0.1, 0.15) is 0 Å². The minimum atomic E-state index is -2.93. The van der Waals surface area contributed by atoms with Crippen molar-refractivity contribution in [2.75, 3.05) is 6.54 Å². The van der Waals surface area contributed by atoms with Crippen molar-refractivity contribution in [1.82, 2.24) is 4.72 Å². The van der Waals surface area contributed by atoms with E-state index >= 15 is 0 Å². The SMILES string of the molecule is O=S1(=O)NCC2C3CCC(S3)C21. The van der Waals surface area contributed by atoms with Crippen LogP contribution in [0.1, 0.15) is 12.8 Å². The third-order valence-corrected chi connectivity index (χ3v) is 7.18. The number of hydrogen-bond acceptors (Lipinski definition) is 3. The van der Waals surface area contributed by atoms with E-state index in [0.717, 1.165) is 6.42 Å². The van der Waals surface area contributed by atoms with Gasteiger partial charge in [0.25, 0.3) is 0 Å². The number of fused-ring (bicyclic) bond motifs is 5. The molecule has 0 spiro atoms. The summed E-state index contributed by atoms with van der Waals surface area (Å²) in [5.74, 6) is 0.416. The van der Waals surface area contributed by atoms with Gasteiger partial charge in [0, 0.05) is 23.0 Å². The fourth-order valence-corrected chi connectivity index (χ4v) is 7.17. The summed E-state index contributed by atoms with van der Waals surface area (Å²) in [6.07, 6.45) is 2.34. The zero-order chi connectivity index (χ0) is 8.34. The molecule has 0 aromatic rings. The lowest BCUT2D eigenvalue weighted by Crippen LogP contribution is -2.34. The van der Waals surface area contributed by atoms with Crippen LogP contribution < -0.4 is 4.72 Å². The van der Waals surface area contributed by atoms with Gasteiger partial charge in [-0.25, -0.2) is 13.1 Å². The maximum atomic E-state index is 11.5. The van der Waals surface area contributed by atoms with Crippen LogP contribution in [0.15, 0.2) is 0 Å². The van der Waals surface area contributed by atoms with Crippen molar-refractivity contribution in [3.05, 3.63) is 0 Å². The van der Waals surface area contributed by atoms with E-state index in [1.54, 1.807) is 0 Å². The molecule has 0 radical (unpaired) electrons. The normalized spacial score (nSPS) is 54.3. The Morgan fingerprint density at radius 1 is 1.25 bits per heavy atom. The highest BCUT2D eigenvalue weighted by molar-refractivity contribution is 8.02. The minimum Gasteiger partial charge on any atom is -0.215 e. The van der Waals surface area contributed by atoms with Crippen molar-refractivity contribution in [2.24, 2.45) is 5.92 Å². The predicted molar refractivity (Wildman–Crippen MR) is 48.6 cm³/mol. The Morgan fingerprint density at radius 2 is 2.00 bits per heavy atom. The average Bonchev–Trinajstić information content (AvgIpc) is 2.61. The number of nitrogens with one attached hydrogen (secondary N) is 1. The van der Waals surface area contributed by atoms with Gasteiger partial charge in [0.05, 0.1) is 5.25 Å². The summed E-state index contributed by atoms with van der Waals surface area (Å²) in [5.41, 5.74) is 0. The van der Waals surface area contributed by atoms with E-state index in [2.05, 4.69) is 4.72 Å². The lowest BCUT2D eigenvalue weighted by molar-refractivity contribution is 0.441. The molecule has 3 rings (SSSR count). The van der Waals surface area contributed by atoms with Crippen molar-refractivity contribution in [1.29, 1.82) is 0 Å². The van der Waals surface area contributed by atoms with E-state index in [0.29, 0.717) is 23.0 Å². The molecular formula is C7H11NO2S2. The van der Waals surface area contributed by atoms with Crippen LogP contribution in [0.25, 0.3) is 0 Å². The molecule has 0 amide bonds. The molecule has 1 N–H and O–H groups in total. The van der Waals surface area contributed by atoms with E-state index in [-0.39, 0.29) is 5.25 Å². The molecule has 2 bridgehead atoms. The van der Waals surface area contributed by atoms with Gasteiger partial charge in [0.15, 0.2) is 0 Å². The van der Waals surface area contributed by atoms with Gasteiger partial charge < -0.3 is 0 Å². The van der Waals surface area contributed by atoms with Gasteiger partial charge in [-0.15, -0.1) is 0 Å². The predicted octanol–water partition coefficient (Wildman–Crippen LogP) is 0.182. The van der Waals surface area contributed by atoms with Crippen LogP contribution in [-0.4, -0.2) is 30.7 Å². The molecule has 3 fully saturated rings. The summed E-state index contributed by atoms with van der Waals surface area (Å²) in [5, 5.41) is 0.978. The van der Waals surface area contributed by atoms with Gasteiger partial charge in [-0.1, -0.05) is 0 Å². The summed E-state index contributed by atoms with van der Waals surface area (Å²) >= 11 is 1.91. The van der Waals surface area contributed by atoms with Gasteiger partial charge in [0.2, 0.25) is 10.0 Å². The quantitative estimate of drug-likeness (QED) is 0.614. The van der Waals surface area contributed by atoms with Gasteiger partial charge in [-0.2, -0.15) is 11.8 Å². The fourth-order valence-electron chi connectivity index (χ4n) is 2.72. The third kappa shape index (κ3) is 0.795. The summed E-state index contributed by atoms with van der Waals surface area (Å²) in [6, 6.07) is 0. The molecule has 0 saturated carbocycles. The number of thioether (sulfide) groups is 1. The Morgan fingerprint density at radius 3 is 2.75 bits per heavy atom. The fraction of sp³-hybridized carbons (Fsp3) is 1.00. The van der Waals surface area contributed by atoms with E-state index < -0.39 is 10.0 Å². The molecule has 4 atom stereocenters. The lowest BCUT2D eigenvalue weighted by atomic mass is 9.89. The average molecular weight is 205 g/mol. The maximum Gasteiger partial charge on any atom is 0.215 e. The first-order valence-electron chi connectivity index (χ1n) is 4.32. The molecule has 12 heavy (non-hydrogen) atoms. The van der Waals surface area contributed by atoms with Crippen LogP contribution in [0.4, 0.5) is 0 Å². The molecule has 3 nitrogen and oxygen atoms in total. The van der Waals surface area contributed by atoms with Crippen LogP contribution in [0, 0.1) is 5.92 Å². The Hall–Kier alpha value is 0.260. The topological polar surface area (TPSA) is 46.2 Å². The molecule has 0 aromatic heterocycles. The van der Waals surface area contributed by atoms with Gasteiger partial charge >= 0.3 is 0 Å². The summed E-state index contributed by atoms with van der Waals surface area (Å²) in [4.78, 5) is 0. The van der Waals surface area contributed by atoms with Crippen LogP contribution in [0.2, 0.25) is 0 Å². The van der Waals surface area contributed by atoms with E-state index in [9.17, 15) is 8.42 Å². The molecule has 68 valence electrons. The van der Waals surface area contributed by atoms with Crippen molar-refractivity contribution in [2.45, 2.75) is 28.6 Å². The molecule has 3 saturated heterocycles. The van der Waals surface area contributed by atoms with Crippen LogP contribution in [0.3, 0.4) is 0 Å². The standard InChI is InChI=1S/C7H11NO2S2/c9-12(10)7-4(3-8-12)5-1-2-6(7)11-5/h4-8H,1-3H2. The molecule has 3 heterocycles. The molecule has 5 heteroatoms. The van der Waals surface area contributed by atoms with Gasteiger partial charge in [-0.05, 0) is 12.8 Å². The second-order valence-corrected chi connectivity index (χ2v) is 7.22. The Balaban J connectivity index is 2.05. The minimum absolute atomic E-state index is 0.0544. The van der Waals surface area contributed by atoms with Gasteiger partial charge in [-0.3, -0.25) is 0 Å². The van der Waals surface area contributed by atoms with Crippen molar-refractivity contribution in [3.63, 3.8) is 0 Å². The van der Waals surface area contributed by atoms with Crippen LogP contribution >= 0.6 is 11.8 Å². The maximum absolute atomic E-state index is 11.5. The molecule has 0 aromatic carbocycles. The van der Waals surface area contributed by atoms with Crippen molar-refractivity contribution in [3.8, 4) is 0 Å². The highest BCUT2D eigenvalue weighted by Crippen LogP contribution is 2.53. The number of sulfonamides is 1. The molecule has 3 aliphatic heterocycles. The summed E-state index contributed by atoms with van der Waals surface area (Å²) < 4.78 is 25.7. The van der Waals surface area contributed by atoms with Crippen molar-refractivity contribution < 1.29 is 8.42 Å². The zero-order valence-electron chi connectivity index (χ0n) is 6.56. The first kappa shape index (κ1) is 7.64. The third-order valence-electron chi connectivity index (χ3n) is 3.23. The second-order valence-electron chi connectivity index (χ2n) is 3.81. The lowest BCUT2D eigenvalue weighted by Gasteiger charge is -2.19. The Labute approximate surface area is 76.3 Å². The largest absolute Gasteiger partial charge is 0.215 e. The Bertz CT molecular complexity index is 313. The van der Waals surface area contributed by atoms with Crippen molar-refractivity contribution >= 4 is 21.8 Å². The molecular weight excluding hydrogens is 194 g/mol. The monoisotopic (exact) mass is 205 g/mol. The highest BCUT2D eigenvalue weighted by atomic mass is 32.2. The highest BCUT2D eigenvalue weighted by Gasteiger charge is 2.57. The Kier molecular flexibility index (Phi) is 1.40. The summed E-state index contributed by atoms with van der Waals surface area (Å²) in [7, 11) is -2.93. The van der Waals surface area contributed by atoms with Crippen LogP contribution in [-0.2, 0) is 10.0 Å². The van der Waals surface area contributed by atoms with E-state index in [1.165, 1.54) is 6.42 Å². The van der Waals surface area contributed by atoms with E-state index in [1.807, 2.05) is 11.8 Å². The van der Waals surface area contributed by atoms with E-state index in [4.69, 9.17) is 0 Å². The smallest absolute Gasteiger partial charge is 0.215 e. The molecule has 3 aliphatic rings. The molecule has 4 unspecified atom stereocenters. The summed E-state index contributed by atoms with van der Waals surface area (Å²) in [6.45, 7) is 0.696. The van der Waals surface area contributed by atoms with Crippen LogP contribution in [0.5, 0.6) is 0 Å². The second kappa shape index (κ2) is 2.19.